The molecular weight excluding hydrogens is 260 g/mol. The Morgan fingerprint density at radius 3 is 2.75 bits per heavy atom. The van der Waals surface area contributed by atoms with Gasteiger partial charge in [-0.15, -0.1) is 0 Å². The molecule has 1 aromatic rings. The molecule has 1 aliphatic heterocycles. The van der Waals surface area contributed by atoms with Gasteiger partial charge in [0.1, 0.15) is 12.1 Å². The van der Waals surface area contributed by atoms with Gasteiger partial charge in [0, 0.05) is 13.0 Å². The van der Waals surface area contributed by atoms with Crippen molar-refractivity contribution in [3.63, 3.8) is 0 Å². The Balaban J connectivity index is 2.13. The summed E-state index contributed by atoms with van der Waals surface area (Å²) in [5.41, 5.74) is 0. The molecule has 1 aliphatic rings. The van der Waals surface area contributed by atoms with Gasteiger partial charge >= 0.3 is 0 Å². The molecule has 0 radical (unpaired) electrons. The molecule has 7 nitrogen and oxygen atoms in total. The summed E-state index contributed by atoms with van der Waals surface area (Å²) < 4.78 is 4.94. The van der Waals surface area contributed by atoms with Gasteiger partial charge in [-0.05, 0) is 12.3 Å². The van der Waals surface area contributed by atoms with Crippen LogP contribution in [0.15, 0.2) is 10.9 Å². The summed E-state index contributed by atoms with van der Waals surface area (Å²) in [6, 6.07) is -0.867. The van der Waals surface area contributed by atoms with Crippen molar-refractivity contribution in [1.82, 2.24) is 20.4 Å². The number of aromatic nitrogens is 2. The third-order valence-electron chi connectivity index (χ3n) is 3.52. The van der Waals surface area contributed by atoms with Crippen LogP contribution in [-0.4, -0.2) is 45.5 Å². The Labute approximate surface area is 117 Å². The van der Waals surface area contributed by atoms with Crippen LogP contribution in [0.3, 0.4) is 0 Å². The number of amides is 2. The van der Waals surface area contributed by atoms with E-state index in [0.717, 1.165) is 0 Å². The maximum absolute atomic E-state index is 12.4. The summed E-state index contributed by atoms with van der Waals surface area (Å²) in [6.45, 7) is 6.16. The smallest absolute Gasteiger partial charge is 0.245 e. The molecule has 0 saturated carbocycles. The van der Waals surface area contributed by atoms with Crippen LogP contribution < -0.4 is 5.32 Å². The molecule has 1 saturated heterocycles. The highest BCUT2D eigenvalue weighted by Gasteiger charge is 2.40. The van der Waals surface area contributed by atoms with E-state index >= 15 is 0 Å². The van der Waals surface area contributed by atoms with Crippen molar-refractivity contribution < 1.29 is 14.1 Å². The minimum absolute atomic E-state index is 0.0367. The standard InChI is InChI=1S/C13H20N4O3/c1-4-9-13(19)17(6-5-10-14-7-15-20-10)11(8(2)3)12(18)16-9/h7-9,11H,4-6H2,1-3H3,(H,16,18). The van der Waals surface area contributed by atoms with Crippen molar-refractivity contribution in [2.75, 3.05) is 6.54 Å². The summed E-state index contributed by atoms with van der Waals surface area (Å²) >= 11 is 0. The fraction of sp³-hybridized carbons (Fsp3) is 0.692. The van der Waals surface area contributed by atoms with Gasteiger partial charge in [0.05, 0.1) is 0 Å². The minimum atomic E-state index is -0.437. The lowest BCUT2D eigenvalue weighted by atomic mass is 9.96. The first-order chi connectivity index (χ1) is 9.54. The summed E-state index contributed by atoms with van der Waals surface area (Å²) in [7, 11) is 0. The Hall–Kier alpha value is -1.92. The molecule has 2 atom stereocenters. The Bertz CT molecular complexity index is 472. The largest absolute Gasteiger partial charge is 0.343 e. The average Bonchev–Trinajstić information content (AvgIpc) is 2.91. The highest BCUT2D eigenvalue weighted by molar-refractivity contribution is 5.97. The molecule has 0 aliphatic carbocycles. The van der Waals surface area contributed by atoms with E-state index in [2.05, 4.69) is 15.5 Å². The molecule has 20 heavy (non-hydrogen) atoms. The van der Waals surface area contributed by atoms with E-state index in [1.807, 2.05) is 20.8 Å². The van der Waals surface area contributed by atoms with Crippen molar-refractivity contribution in [1.29, 1.82) is 0 Å². The van der Waals surface area contributed by atoms with Gasteiger partial charge in [-0.25, -0.2) is 0 Å². The molecular formula is C13H20N4O3. The van der Waals surface area contributed by atoms with Crippen LogP contribution >= 0.6 is 0 Å². The van der Waals surface area contributed by atoms with Crippen molar-refractivity contribution >= 4 is 11.8 Å². The molecule has 7 heteroatoms. The zero-order valence-electron chi connectivity index (χ0n) is 12.0. The number of carbonyl (C=O) groups is 2. The van der Waals surface area contributed by atoms with Gasteiger partial charge in [0.15, 0.2) is 6.33 Å². The minimum Gasteiger partial charge on any atom is -0.343 e. The van der Waals surface area contributed by atoms with Crippen LogP contribution in [0.5, 0.6) is 0 Å². The van der Waals surface area contributed by atoms with Crippen LogP contribution in [-0.2, 0) is 16.0 Å². The predicted molar refractivity (Wildman–Crippen MR) is 70.6 cm³/mol. The Morgan fingerprint density at radius 2 is 2.20 bits per heavy atom. The quantitative estimate of drug-likeness (QED) is 0.842. The third-order valence-corrected chi connectivity index (χ3v) is 3.52. The second-order valence-corrected chi connectivity index (χ2v) is 5.27. The van der Waals surface area contributed by atoms with Crippen LogP contribution in [0.2, 0.25) is 0 Å². The van der Waals surface area contributed by atoms with Gasteiger partial charge in [0.2, 0.25) is 17.7 Å². The molecule has 0 bridgehead atoms. The number of rotatable bonds is 5. The third kappa shape index (κ3) is 2.81. The Morgan fingerprint density at radius 1 is 1.45 bits per heavy atom. The van der Waals surface area contributed by atoms with E-state index in [1.165, 1.54) is 6.33 Å². The molecule has 2 unspecified atom stereocenters. The first-order valence-electron chi connectivity index (χ1n) is 6.91. The molecule has 2 rings (SSSR count). The van der Waals surface area contributed by atoms with Crippen molar-refractivity contribution in [2.45, 2.75) is 45.7 Å². The number of hydrogen-bond donors (Lipinski definition) is 1. The number of carbonyl (C=O) groups excluding carboxylic acids is 2. The summed E-state index contributed by atoms with van der Waals surface area (Å²) in [5.74, 6) is 0.404. The predicted octanol–water partition coefficient (Wildman–Crippen LogP) is 0.374. The Kier molecular flexibility index (Phi) is 4.36. The topological polar surface area (TPSA) is 88.3 Å². The number of nitrogens with one attached hydrogen (secondary N) is 1. The molecule has 1 N–H and O–H groups in total. The first kappa shape index (κ1) is 14.5. The SMILES string of the molecule is CCC1NC(=O)C(C(C)C)N(CCc2ncno2)C1=O. The van der Waals surface area contributed by atoms with Crippen LogP contribution in [0.25, 0.3) is 0 Å². The second kappa shape index (κ2) is 6.02. The van der Waals surface area contributed by atoms with Crippen molar-refractivity contribution in [3.05, 3.63) is 12.2 Å². The second-order valence-electron chi connectivity index (χ2n) is 5.27. The maximum Gasteiger partial charge on any atom is 0.245 e. The first-order valence-corrected chi connectivity index (χ1v) is 6.91. The fourth-order valence-corrected chi connectivity index (χ4v) is 2.51. The number of hydrogen-bond acceptors (Lipinski definition) is 5. The monoisotopic (exact) mass is 280 g/mol. The molecule has 0 aromatic carbocycles. The fourth-order valence-electron chi connectivity index (χ4n) is 2.51. The van der Waals surface area contributed by atoms with Gasteiger partial charge in [-0.2, -0.15) is 4.98 Å². The zero-order valence-corrected chi connectivity index (χ0v) is 12.0. The van der Waals surface area contributed by atoms with Crippen LogP contribution in [0, 0.1) is 5.92 Å². The zero-order chi connectivity index (χ0) is 14.7. The molecule has 110 valence electrons. The van der Waals surface area contributed by atoms with E-state index in [9.17, 15) is 9.59 Å². The highest BCUT2D eigenvalue weighted by Crippen LogP contribution is 2.19. The van der Waals surface area contributed by atoms with E-state index in [1.54, 1.807) is 4.90 Å². The van der Waals surface area contributed by atoms with Crippen molar-refractivity contribution in [2.24, 2.45) is 5.92 Å². The maximum atomic E-state index is 12.4. The summed E-state index contributed by atoms with van der Waals surface area (Å²) in [4.78, 5) is 30.2. The molecule has 0 spiro atoms. The molecule has 2 amide bonds. The van der Waals surface area contributed by atoms with Gasteiger partial charge < -0.3 is 14.7 Å². The van der Waals surface area contributed by atoms with E-state index in [-0.39, 0.29) is 17.7 Å². The summed E-state index contributed by atoms with van der Waals surface area (Å²) in [6.07, 6.45) is 2.37. The van der Waals surface area contributed by atoms with Crippen molar-refractivity contribution in [3.8, 4) is 0 Å². The van der Waals surface area contributed by atoms with Gasteiger partial charge in [0.25, 0.3) is 0 Å². The van der Waals surface area contributed by atoms with Gasteiger partial charge in [-0.3, -0.25) is 9.59 Å². The van der Waals surface area contributed by atoms with E-state index in [0.29, 0.717) is 25.3 Å². The lowest BCUT2D eigenvalue weighted by molar-refractivity contribution is -0.151. The molecule has 2 heterocycles. The van der Waals surface area contributed by atoms with Gasteiger partial charge in [-0.1, -0.05) is 25.9 Å². The number of nitrogens with zero attached hydrogens (tertiary/aromatic N) is 3. The normalized spacial score (nSPS) is 23.3. The lowest BCUT2D eigenvalue weighted by Crippen LogP contribution is -2.64. The highest BCUT2D eigenvalue weighted by atomic mass is 16.5. The lowest BCUT2D eigenvalue weighted by Gasteiger charge is -2.40. The van der Waals surface area contributed by atoms with Crippen LogP contribution in [0.1, 0.15) is 33.1 Å². The van der Waals surface area contributed by atoms with Crippen LogP contribution in [0.4, 0.5) is 0 Å². The molecule has 1 aromatic heterocycles. The van der Waals surface area contributed by atoms with E-state index in [4.69, 9.17) is 4.52 Å². The van der Waals surface area contributed by atoms with E-state index < -0.39 is 12.1 Å². The number of piperazine rings is 1. The average molecular weight is 280 g/mol. The molecule has 1 fully saturated rings. The summed E-state index contributed by atoms with van der Waals surface area (Å²) in [5, 5.41) is 6.33.